The minimum atomic E-state index is -3.69. The third-order valence-electron chi connectivity index (χ3n) is 4.48. The maximum absolute atomic E-state index is 12.7. The first-order valence-electron chi connectivity index (χ1n) is 8.48. The molecule has 1 fully saturated rings. The SMILES string of the molecule is O=C(c1cc([N+](=O)[O-])cc([N+](=O)[O-])c1)N1CCN(S(=O)(=O)c2ccccc2)CC1. The van der Waals surface area contributed by atoms with Crippen LogP contribution in [0.5, 0.6) is 0 Å². The zero-order chi connectivity index (χ0) is 21.2. The first-order chi connectivity index (χ1) is 13.7. The number of non-ortho nitro benzene ring substituents is 2. The molecule has 3 rings (SSSR count). The summed E-state index contributed by atoms with van der Waals surface area (Å²) in [5.41, 5.74) is -1.31. The number of piperazine rings is 1. The Morgan fingerprint density at radius 1 is 0.862 bits per heavy atom. The van der Waals surface area contributed by atoms with E-state index >= 15 is 0 Å². The molecule has 0 aliphatic carbocycles. The second-order valence-corrected chi connectivity index (χ2v) is 8.20. The summed E-state index contributed by atoms with van der Waals surface area (Å²) in [6, 6.07) is 10.6. The molecular weight excluding hydrogens is 404 g/mol. The fourth-order valence-corrected chi connectivity index (χ4v) is 4.43. The van der Waals surface area contributed by atoms with Crippen LogP contribution in [0.25, 0.3) is 0 Å². The van der Waals surface area contributed by atoms with Gasteiger partial charge in [0.25, 0.3) is 17.3 Å². The number of nitro benzene ring substituents is 2. The minimum Gasteiger partial charge on any atom is -0.336 e. The van der Waals surface area contributed by atoms with Gasteiger partial charge in [0.2, 0.25) is 10.0 Å². The largest absolute Gasteiger partial charge is 0.336 e. The van der Waals surface area contributed by atoms with Gasteiger partial charge in [-0.05, 0) is 12.1 Å². The molecule has 0 atom stereocenters. The van der Waals surface area contributed by atoms with Gasteiger partial charge < -0.3 is 4.90 Å². The lowest BCUT2D eigenvalue weighted by atomic mass is 10.1. The van der Waals surface area contributed by atoms with Gasteiger partial charge in [-0.1, -0.05) is 18.2 Å². The first-order valence-corrected chi connectivity index (χ1v) is 9.92. The van der Waals surface area contributed by atoms with E-state index in [-0.39, 0.29) is 36.6 Å². The third-order valence-corrected chi connectivity index (χ3v) is 6.39. The molecule has 29 heavy (non-hydrogen) atoms. The standard InChI is InChI=1S/C17H16N4O7S/c22-17(13-10-14(20(23)24)12-15(11-13)21(25)26)18-6-8-19(9-7-18)29(27,28)16-4-2-1-3-5-16/h1-5,10-12H,6-9H2. The number of benzene rings is 2. The lowest BCUT2D eigenvalue weighted by molar-refractivity contribution is -0.394. The molecule has 11 nitrogen and oxygen atoms in total. The molecule has 1 amide bonds. The number of rotatable bonds is 5. The van der Waals surface area contributed by atoms with E-state index in [0.29, 0.717) is 0 Å². The van der Waals surface area contributed by atoms with Gasteiger partial charge in [0.05, 0.1) is 26.4 Å². The molecule has 12 heteroatoms. The van der Waals surface area contributed by atoms with Crippen LogP contribution in [0.2, 0.25) is 0 Å². The van der Waals surface area contributed by atoms with Gasteiger partial charge in [0.1, 0.15) is 0 Å². The van der Waals surface area contributed by atoms with Crippen molar-refractivity contribution in [2.45, 2.75) is 4.90 Å². The van der Waals surface area contributed by atoms with E-state index in [0.717, 1.165) is 18.2 Å². The third kappa shape index (κ3) is 4.22. The molecule has 152 valence electrons. The molecule has 1 aliphatic heterocycles. The highest BCUT2D eigenvalue weighted by Crippen LogP contribution is 2.24. The second-order valence-electron chi connectivity index (χ2n) is 6.26. The van der Waals surface area contributed by atoms with E-state index in [9.17, 15) is 33.4 Å². The topological polar surface area (TPSA) is 144 Å². The van der Waals surface area contributed by atoms with Crippen LogP contribution in [0, 0.1) is 20.2 Å². The smallest absolute Gasteiger partial charge is 0.277 e. The average Bonchev–Trinajstić information content (AvgIpc) is 2.73. The van der Waals surface area contributed by atoms with Crippen molar-refractivity contribution in [1.82, 2.24) is 9.21 Å². The predicted octanol–water partition coefficient (Wildman–Crippen LogP) is 1.65. The molecule has 1 heterocycles. The van der Waals surface area contributed by atoms with Crippen molar-refractivity contribution in [2.24, 2.45) is 0 Å². The fraction of sp³-hybridized carbons (Fsp3) is 0.235. The molecule has 0 N–H and O–H groups in total. The Bertz CT molecular complexity index is 1030. The molecule has 0 bridgehead atoms. The zero-order valence-electron chi connectivity index (χ0n) is 15.0. The Kier molecular flexibility index (Phi) is 5.57. The van der Waals surface area contributed by atoms with Crippen LogP contribution in [-0.2, 0) is 10.0 Å². The molecular formula is C17H16N4O7S. The molecule has 1 saturated heterocycles. The maximum atomic E-state index is 12.7. The lowest BCUT2D eigenvalue weighted by Gasteiger charge is -2.34. The summed E-state index contributed by atoms with van der Waals surface area (Å²) < 4.78 is 26.5. The Morgan fingerprint density at radius 3 is 1.86 bits per heavy atom. The number of carbonyl (C=O) groups is 1. The van der Waals surface area contributed by atoms with Crippen molar-refractivity contribution in [3.8, 4) is 0 Å². The van der Waals surface area contributed by atoms with Crippen molar-refractivity contribution < 1.29 is 23.1 Å². The number of carbonyl (C=O) groups excluding carboxylic acids is 1. The van der Waals surface area contributed by atoms with Gasteiger partial charge in [-0.2, -0.15) is 4.31 Å². The number of nitro groups is 2. The van der Waals surface area contributed by atoms with Gasteiger partial charge in [-0.3, -0.25) is 25.0 Å². The van der Waals surface area contributed by atoms with Crippen molar-refractivity contribution in [3.05, 3.63) is 74.3 Å². The summed E-state index contributed by atoms with van der Waals surface area (Å²) in [6.45, 7) is 0.197. The van der Waals surface area contributed by atoms with Crippen LogP contribution in [0.1, 0.15) is 10.4 Å². The minimum absolute atomic E-state index is 0.0417. The van der Waals surface area contributed by atoms with Crippen LogP contribution in [-0.4, -0.2) is 59.6 Å². The molecule has 1 aliphatic rings. The van der Waals surface area contributed by atoms with Crippen LogP contribution >= 0.6 is 0 Å². The van der Waals surface area contributed by atoms with E-state index in [2.05, 4.69) is 0 Å². The summed E-state index contributed by atoms with van der Waals surface area (Å²) >= 11 is 0. The van der Waals surface area contributed by atoms with Gasteiger partial charge in [-0.15, -0.1) is 0 Å². The van der Waals surface area contributed by atoms with Crippen LogP contribution in [0.3, 0.4) is 0 Å². The van der Waals surface area contributed by atoms with Crippen molar-refractivity contribution in [3.63, 3.8) is 0 Å². The highest BCUT2D eigenvalue weighted by molar-refractivity contribution is 7.89. The second kappa shape index (κ2) is 7.93. The van der Waals surface area contributed by atoms with Crippen LogP contribution in [0.4, 0.5) is 11.4 Å². The van der Waals surface area contributed by atoms with Crippen LogP contribution in [0.15, 0.2) is 53.4 Å². The summed E-state index contributed by atoms with van der Waals surface area (Å²) in [6.07, 6.45) is 0. The normalized spacial score (nSPS) is 15.1. The molecule has 2 aromatic rings. The summed E-state index contributed by atoms with van der Waals surface area (Å²) in [5, 5.41) is 22.0. The quantitative estimate of drug-likeness (QED) is 0.528. The number of sulfonamides is 1. The highest BCUT2D eigenvalue weighted by Gasteiger charge is 2.31. The summed E-state index contributed by atoms with van der Waals surface area (Å²) in [5.74, 6) is -0.631. The molecule has 0 saturated carbocycles. The number of hydrogen-bond acceptors (Lipinski definition) is 7. The molecule has 2 aromatic carbocycles. The van der Waals surface area contributed by atoms with Crippen molar-refractivity contribution in [2.75, 3.05) is 26.2 Å². The predicted molar refractivity (Wildman–Crippen MR) is 101 cm³/mol. The molecule has 0 spiro atoms. The van der Waals surface area contributed by atoms with Crippen LogP contribution < -0.4 is 0 Å². The number of hydrogen-bond donors (Lipinski definition) is 0. The molecule has 0 radical (unpaired) electrons. The van der Waals surface area contributed by atoms with E-state index in [4.69, 9.17) is 0 Å². The number of amides is 1. The molecule has 0 unspecified atom stereocenters. The van der Waals surface area contributed by atoms with Gasteiger partial charge in [0, 0.05) is 38.3 Å². The van der Waals surface area contributed by atoms with E-state index in [1.54, 1.807) is 18.2 Å². The van der Waals surface area contributed by atoms with Gasteiger partial charge >= 0.3 is 0 Å². The lowest BCUT2D eigenvalue weighted by Crippen LogP contribution is -2.50. The first kappa shape index (κ1) is 20.4. The summed E-state index contributed by atoms with van der Waals surface area (Å²) in [4.78, 5) is 34.5. The van der Waals surface area contributed by atoms with Crippen molar-refractivity contribution >= 4 is 27.3 Å². The maximum Gasteiger partial charge on any atom is 0.277 e. The highest BCUT2D eigenvalue weighted by atomic mass is 32.2. The van der Waals surface area contributed by atoms with E-state index < -0.39 is 37.2 Å². The summed E-state index contributed by atoms with van der Waals surface area (Å²) in [7, 11) is -3.69. The Hall–Kier alpha value is -3.38. The zero-order valence-corrected chi connectivity index (χ0v) is 15.8. The van der Waals surface area contributed by atoms with E-state index in [1.807, 2.05) is 0 Å². The molecule has 0 aromatic heterocycles. The van der Waals surface area contributed by atoms with Gasteiger partial charge in [0.15, 0.2) is 0 Å². The Labute approximate surface area is 165 Å². The van der Waals surface area contributed by atoms with Gasteiger partial charge in [-0.25, -0.2) is 8.42 Å². The Balaban J connectivity index is 1.77. The fourth-order valence-electron chi connectivity index (χ4n) is 2.99. The Morgan fingerprint density at radius 2 is 1.38 bits per heavy atom. The monoisotopic (exact) mass is 420 g/mol. The van der Waals surface area contributed by atoms with Crippen molar-refractivity contribution in [1.29, 1.82) is 0 Å². The van der Waals surface area contributed by atoms with E-state index in [1.165, 1.54) is 21.3 Å². The average molecular weight is 420 g/mol. The number of nitrogens with zero attached hydrogens (tertiary/aromatic N) is 4.